The van der Waals surface area contributed by atoms with Gasteiger partial charge in [-0.3, -0.25) is 0 Å². The average molecular weight is 494 g/mol. The number of rotatable bonds is 12. The summed E-state index contributed by atoms with van der Waals surface area (Å²) < 4.78 is 11.6. The molecule has 1 atom stereocenters. The third-order valence-corrected chi connectivity index (χ3v) is 6.93. The summed E-state index contributed by atoms with van der Waals surface area (Å²) in [6, 6.07) is 14.8. The standard InChI is InChI=1S/C29H35NO6/c31-23-9-13-26(14-10-23)36-20-24(32)18-30-29(15-3-4-16-29)17-21-7-11-25(12-8-21)35-19-22-5-1-2-6-27(22)28(33)34/h1-2,5-9,11-13,24,30-32H,3-4,10,14-20H2,(H,33,34)/t24-/m0/s1. The van der Waals surface area contributed by atoms with E-state index in [0.29, 0.717) is 36.5 Å². The van der Waals surface area contributed by atoms with Crippen LogP contribution in [0.2, 0.25) is 0 Å². The van der Waals surface area contributed by atoms with E-state index in [-0.39, 0.29) is 24.3 Å². The third kappa shape index (κ3) is 7.12. The Balaban J connectivity index is 1.28. The second kappa shape index (κ2) is 12.1. The monoisotopic (exact) mass is 493 g/mol. The number of aromatic carboxylic acids is 1. The van der Waals surface area contributed by atoms with Gasteiger partial charge < -0.3 is 30.1 Å². The van der Waals surface area contributed by atoms with E-state index < -0.39 is 12.1 Å². The van der Waals surface area contributed by atoms with Crippen LogP contribution in [0.25, 0.3) is 0 Å². The van der Waals surface area contributed by atoms with Gasteiger partial charge in [0.25, 0.3) is 0 Å². The van der Waals surface area contributed by atoms with Crippen molar-refractivity contribution in [1.82, 2.24) is 5.32 Å². The molecule has 0 heterocycles. The number of carboxylic acid groups (broad SMARTS) is 1. The highest BCUT2D eigenvalue weighted by atomic mass is 16.5. The Hall–Kier alpha value is -3.29. The lowest BCUT2D eigenvalue weighted by Gasteiger charge is -2.32. The molecule has 0 amide bonds. The van der Waals surface area contributed by atoms with Crippen molar-refractivity contribution < 1.29 is 29.6 Å². The van der Waals surface area contributed by atoms with E-state index in [1.807, 2.05) is 18.2 Å². The first-order chi connectivity index (χ1) is 17.4. The zero-order valence-corrected chi connectivity index (χ0v) is 20.5. The van der Waals surface area contributed by atoms with Crippen LogP contribution < -0.4 is 10.1 Å². The fourth-order valence-corrected chi connectivity index (χ4v) is 4.90. The van der Waals surface area contributed by atoms with Crippen molar-refractivity contribution >= 4 is 5.97 Å². The Morgan fingerprint density at radius 1 is 1.00 bits per heavy atom. The topological polar surface area (TPSA) is 108 Å². The van der Waals surface area contributed by atoms with Crippen LogP contribution in [0.1, 0.15) is 60.0 Å². The number of carboxylic acids is 1. The van der Waals surface area contributed by atoms with E-state index >= 15 is 0 Å². The Bertz CT molecular complexity index is 1090. The van der Waals surface area contributed by atoms with Crippen LogP contribution in [0.4, 0.5) is 0 Å². The van der Waals surface area contributed by atoms with Crippen molar-refractivity contribution in [3.63, 3.8) is 0 Å². The second-order valence-corrected chi connectivity index (χ2v) is 9.70. The number of nitrogens with one attached hydrogen (secondary N) is 1. The number of ether oxygens (including phenoxy) is 2. The zero-order valence-electron chi connectivity index (χ0n) is 20.5. The van der Waals surface area contributed by atoms with Crippen LogP contribution in [0.3, 0.4) is 0 Å². The fourth-order valence-electron chi connectivity index (χ4n) is 4.90. The number of hydrogen-bond acceptors (Lipinski definition) is 6. The lowest BCUT2D eigenvalue weighted by atomic mass is 9.89. The van der Waals surface area contributed by atoms with Gasteiger partial charge in [-0.1, -0.05) is 43.2 Å². The van der Waals surface area contributed by atoms with Crippen molar-refractivity contribution in [3.8, 4) is 5.75 Å². The predicted octanol–water partition coefficient (Wildman–Crippen LogP) is 4.91. The van der Waals surface area contributed by atoms with Crippen LogP contribution in [-0.4, -0.2) is 46.1 Å². The Morgan fingerprint density at radius 3 is 2.44 bits per heavy atom. The van der Waals surface area contributed by atoms with Crippen molar-refractivity contribution in [2.75, 3.05) is 13.2 Å². The van der Waals surface area contributed by atoms with Crippen molar-refractivity contribution in [3.05, 3.63) is 88.9 Å². The van der Waals surface area contributed by atoms with Crippen LogP contribution >= 0.6 is 0 Å². The Kier molecular flexibility index (Phi) is 8.67. The molecule has 7 heteroatoms. The average Bonchev–Trinajstić information content (AvgIpc) is 3.35. The van der Waals surface area contributed by atoms with Gasteiger partial charge in [0.1, 0.15) is 25.1 Å². The van der Waals surface area contributed by atoms with E-state index in [0.717, 1.165) is 37.9 Å². The maximum Gasteiger partial charge on any atom is 0.336 e. The predicted molar refractivity (Wildman–Crippen MR) is 137 cm³/mol. The first kappa shape index (κ1) is 25.8. The molecule has 0 unspecified atom stereocenters. The SMILES string of the molecule is O=C(O)c1ccccc1COc1ccc(CC2(NC[C@H](O)COC3=CC=C(O)CC3)CCCC2)cc1. The molecular weight excluding hydrogens is 458 g/mol. The summed E-state index contributed by atoms with van der Waals surface area (Å²) in [7, 11) is 0. The van der Waals surface area contributed by atoms with Gasteiger partial charge in [0.05, 0.1) is 17.1 Å². The normalized spacial score (nSPS) is 17.7. The first-order valence-corrected chi connectivity index (χ1v) is 12.6. The molecule has 1 saturated carbocycles. The van der Waals surface area contributed by atoms with E-state index in [4.69, 9.17) is 9.47 Å². The van der Waals surface area contributed by atoms with Crippen LogP contribution in [0.5, 0.6) is 5.75 Å². The van der Waals surface area contributed by atoms with Gasteiger partial charge in [-0.05, 0) is 55.2 Å². The molecule has 0 bridgehead atoms. The maximum absolute atomic E-state index is 11.4. The minimum Gasteiger partial charge on any atom is -0.512 e. The van der Waals surface area contributed by atoms with Gasteiger partial charge in [-0.2, -0.15) is 0 Å². The number of allylic oxidation sites excluding steroid dienone is 4. The highest BCUT2D eigenvalue weighted by Gasteiger charge is 2.34. The summed E-state index contributed by atoms with van der Waals surface area (Å²) in [4.78, 5) is 11.4. The number of benzene rings is 2. The summed E-state index contributed by atoms with van der Waals surface area (Å²) in [5.41, 5.74) is 2.03. The Labute approximate surface area is 212 Å². The molecule has 192 valence electrons. The number of hydrogen-bond donors (Lipinski definition) is 4. The summed E-state index contributed by atoms with van der Waals surface area (Å²) >= 11 is 0. The van der Waals surface area contributed by atoms with E-state index in [2.05, 4.69) is 17.4 Å². The molecule has 2 aromatic carbocycles. The number of carbonyl (C=O) groups is 1. The molecule has 4 N–H and O–H groups in total. The number of aliphatic hydroxyl groups is 2. The Morgan fingerprint density at radius 2 is 1.75 bits per heavy atom. The quantitative estimate of drug-likeness (QED) is 0.333. The van der Waals surface area contributed by atoms with Gasteiger partial charge in [-0.25, -0.2) is 4.79 Å². The smallest absolute Gasteiger partial charge is 0.336 e. The van der Waals surface area contributed by atoms with Gasteiger partial charge in [0, 0.05) is 30.5 Å². The van der Waals surface area contributed by atoms with Crippen molar-refractivity contribution in [1.29, 1.82) is 0 Å². The van der Waals surface area contributed by atoms with E-state index in [9.17, 15) is 20.1 Å². The fraction of sp³-hybridized carbons (Fsp3) is 0.414. The second-order valence-electron chi connectivity index (χ2n) is 9.70. The maximum atomic E-state index is 11.4. The first-order valence-electron chi connectivity index (χ1n) is 12.6. The lowest BCUT2D eigenvalue weighted by Crippen LogP contribution is -2.48. The number of β-amino-alcohol motifs (C(OH)–C–C–N with tert-alkyl or cyclic N) is 1. The van der Waals surface area contributed by atoms with E-state index in [1.165, 1.54) is 5.56 Å². The van der Waals surface area contributed by atoms with Crippen LogP contribution in [-0.2, 0) is 17.8 Å². The molecular formula is C29H35NO6. The summed E-state index contributed by atoms with van der Waals surface area (Å²) in [6.45, 7) is 0.876. The summed E-state index contributed by atoms with van der Waals surface area (Å²) in [5, 5.41) is 32.9. The largest absolute Gasteiger partial charge is 0.512 e. The molecule has 4 rings (SSSR count). The molecule has 36 heavy (non-hydrogen) atoms. The molecule has 0 spiro atoms. The van der Waals surface area contributed by atoms with Gasteiger partial charge in [0.2, 0.25) is 0 Å². The van der Waals surface area contributed by atoms with Gasteiger partial charge in [-0.15, -0.1) is 0 Å². The molecule has 0 saturated heterocycles. The molecule has 1 fully saturated rings. The van der Waals surface area contributed by atoms with Crippen LogP contribution in [0, 0.1) is 0 Å². The molecule has 2 aliphatic rings. The highest BCUT2D eigenvalue weighted by Crippen LogP contribution is 2.33. The lowest BCUT2D eigenvalue weighted by molar-refractivity contribution is 0.0609. The molecule has 7 nitrogen and oxygen atoms in total. The van der Waals surface area contributed by atoms with Gasteiger partial charge in [0.15, 0.2) is 0 Å². The summed E-state index contributed by atoms with van der Waals surface area (Å²) in [6.07, 6.45) is 9.29. The van der Waals surface area contributed by atoms with Crippen LogP contribution in [0.15, 0.2) is 72.2 Å². The molecule has 0 radical (unpaired) electrons. The molecule has 2 aliphatic carbocycles. The van der Waals surface area contributed by atoms with Crippen molar-refractivity contribution in [2.45, 2.75) is 63.2 Å². The molecule has 0 aliphatic heterocycles. The summed E-state index contributed by atoms with van der Waals surface area (Å²) in [5.74, 6) is 0.881. The molecule has 0 aromatic heterocycles. The zero-order chi connectivity index (χ0) is 25.4. The highest BCUT2D eigenvalue weighted by molar-refractivity contribution is 5.89. The third-order valence-electron chi connectivity index (χ3n) is 6.93. The molecule has 2 aromatic rings. The minimum atomic E-state index is -0.959. The van der Waals surface area contributed by atoms with Gasteiger partial charge >= 0.3 is 5.97 Å². The number of aliphatic hydroxyl groups excluding tert-OH is 2. The van der Waals surface area contributed by atoms with E-state index in [1.54, 1.807) is 30.4 Å². The minimum absolute atomic E-state index is 0.0532. The van der Waals surface area contributed by atoms with Crippen molar-refractivity contribution in [2.24, 2.45) is 0 Å².